The van der Waals surface area contributed by atoms with E-state index < -0.39 is 0 Å². The number of carbonyl (C=O) groups excluding carboxylic acids is 1. The van der Waals surface area contributed by atoms with Crippen molar-refractivity contribution in [2.75, 3.05) is 39.2 Å². The number of nitrogens with zero attached hydrogens (tertiary/aromatic N) is 1. The standard InChI is InChI=1S/C20H30N2O3/c1-24-19-11-17(12-20(13-19)25-2)21-16-7-9-22(10-8-16)14-15-3-5-18(23)6-4-15/h11-13,15-16,21H,3-10,14H2,1-2H3. The molecule has 2 fully saturated rings. The first-order valence-electron chi connectivity index (χ1n) is 9.40. The van der Waals surface area contributed by atoms with Crippen LogP contribution in [-0.2, 0) is 4.79 Å². The Morgan fingerprint density at radius 3 is 2.16 bits per heavy atom. The zero-order valence-electron chi connectivity index (χ0n) is 15.4. The summed E-state index contributed by atoms with van der Waals surface area (Å²) in [5.74, 6) is 2.79. The minimum Gasteiger partial charge on any atom is -0.497 e. The van der Waals surface area contributed by atoms with Crippen molar-refractivity contribution in [1.82, 2.24) is 4.90 Å². The molecule has 0 bridgehead atoms. The molecule has 1 saturated carbocycles. The summed E-state index contributed by atoms with van der Waals surface area (Å²) in [5.41, 5.74) is 1.06. The lowest BCUT2D eigenvalue weighted by Gasteiger charge is -2.35. The van der Waals surface area contributed by atoms with Crippen molar-refractivity contribution in [2.24, 2.45) is 5.92 Å². The number of likely N-dealkylation sites (tertiary alicyclic amines) is 1. The fraction of sp³-hybridized carbons (Fsp3) is 0.650. The molecule has 0 amide bonds. The number of carbonyl (C=O) groups is 1. The number of rotatable bonds is 6. The minimum absolute atomic E-state index is 0.452. The van der Waals surface area contributed by atoms with Gasteiger partial charge in [-0.2, -0.15) is 0 Å². The Bertz CT molecular complexity index is 550. The lowest BCUT2D eigenvalue weighted by molar-refractivity contribution is -0.121. The number of hydrogen-bond donors (Lipinski definition) is 1. The maximum absolute atomic E-state index is 11.4. The van der Waals surface area contributed by atoms with Crippen LogP contribution in [0.15, 0.2) is 18.2 Å². The van der Waals surface area contributed by atoms with E-state index in [1.807, 2.05) is 18.2 Å². The second-order valence-electron chi connectivity index (χ2n) is 7.30. The highest BCUT2D eigenvalue weighted by Gasteiger charge is 2.24. The molecule has 1 heterocycles. The highest BCUT2D eigenvalue weighted by Crippen LogP contribution is 2.28. The van der Waals surface area contributed by atoms with Gasteiger partial charge in [-0.25, -0.2) is 0 Å². The molecule has 1 N–H and O–H groups in total. The summed E-state index contributed by atoms with van der Waals surface area (Å²) in [5, 5.41) is 3.63. The molecule has 25 heavy (non-hydrogen) atoms. The SMILES string of the molecule is COc1cc(NC2CCN(CC3CCC(=O)CC3)CC2)cc(OC)c1. The zero-order valence-corrected chi connectivity index (χ0v) is 15.4. The van der Waals surface area contributed by atoms with E-state index in [9.17, 15) is 4.79 Å². The average Bonchev–Trinajstić information content (AvgIpc) is 2.65. The lowest BCUT2D eigenvalue weighted by Crippen LogP contribution is -2.41. The number of benzene rings is 1. The maximum atomic E-state index is 11.4. The molecule has 5 heteroatoms. The van der Waals surface area contributed by atoms with Gasteiger partial charge in [-0.3, -0.25) is 4.79 Å². The van der Waals surface area contributed by atoms with Crippen LogP contribution >= 0.6 is 0 Å². The molecular weight excluding hydrogens is 316 g/mol. The molecule has 3 rings (SSSR count). The molecule has 138 valence electrons. The van der Waals surface area contributed by atoms with Crippen molar-refractivity contribution >= 4 is 11.5 Å². The third kappa shape index (κ3) is 5.11. The molecule has 1 aromatic rings. The first-order valence-corrected chi connectivity index (χ1v) is 9.40. The predicted molar refractivity (Wildman–Crippen MR) is 99.6 cm³/mol. The Morgan fingerprint density at radius 2 is 1.60 bits per heavy atom. The summed E-state index contributed by atoms with van der Waals surface area (Å²) in [6, 6.07) is 6.42. The maximum Gasteiger partial charge on any atom is 0.132 e. The van der Waals surface area contributed by atoms with Gasteiger partial charge in [-0.1, -0.05) is 0 Å². The van der Waals surface area contributed by atoms with Crippen molar-refractivity contribution < 1.29 is 14.3 Å². The van der Waals surface area contributed by atoms with Gasteiger partial charge in [0.05, 0.1) is 14.2 Å². The molecule has 2 aliphatic rings. The normalized spacial score (nSPS) is 20.5. The van der Waals surface area contributed by atoms with Crippen LogP contribution in [0.25, 0.3) is 0 Å². The van der Waals surface area contributed by atoms with Gasteiger partial charge in [0, 0.05) is 62.4 Å². The van der Waals surface area contributed by atoms with Gasteiger partial charge in [0.1, 0.15) is 17.3 Å². The van der Waals surface area contributed by atoms with Gasteiger partial charge in [0.15, 0.2) is 0 Å². The Labute approximate surface area is 150 Å². The Balaban J connectivity index is 1.47. The number of anilines is 1. The molecule has 0 atom stereocenters. The summed E-state index contributed by atoms with van der Waals surface area (Å²) >= 11 is 0. The highest BCUT2D eigenvalue weighted by atomic mass is 16.5. The van der Waals surface area contributed by atoms with Crippen LogP contribution in [0.5, 0.6) is 11.5 Å². The van der Waals surface area contributed by atoms with Crippen LogP contribution in [-0.4, -0.2) is 50.6 Å². The van der Waals surface area contributed by atoms with Gasteiger partial charge in [0.2, 0.25) is 0 Å². The smallest absolute Gasteiger partial charge is 0.132 e. The largest absolute Gasteiger partial charge is 0.497 e. The first-order chi connectivity index (χ1) is 12.2. The summed E-state index contributed by atoms with van der Waals surface area (Å²) < 4.78 is 10.7. The van der Waals surface area contributed by atoms with Crippen molar-refractivity contribution in [3.8, 4) is 11.5 Å². The van der Waals surface area contributed by atoms with Gasteiger partial charge >= 0.3 is 0 Å². The minimum atomic E-state index is 0.452. The number of ether oxygens (including phenoxy) is 2. The second-order valence-corrected chi connectivity index (χ2v) is 7.30. The van der Waals surface area contributed by atoms with Crippen LogP contribution in [0.1, 0.15) is 38.5 Å². The van der Waals surface area contributed by atoms with Crippen molar-refractivity contribution in [3.05, 3.63) is 18.2 Å². The fourth-order valence-electron chi connectivity index (χ4n) is 3.93. The van der Waals surface area contributed by atoms with E-state index in [2.05, 4.69) is 10.2 Å². The Kier molecular flexibility index (Phi) is 6.19. The molecular formula is C20H30N2O3. The van der Waals surface area contributed by atoms with Crippen LogP contribution in [0.2, 0.25) is 0 Å². The number of nitrogens with one attached hydrogen (secondary N) is 1. The van der Waals surface area contributed by atoms with E-state index in [0.29, 0.717) is 17.7 Å². The van der Waals surface area contributed by atoms with E-state index in [1.165, 1.54) is 0 Å². The van der Waals surface area contributed by atoms with E-state index in [1.54, 1.807) is 14.2 Å². The molecule has 0 aromatic heterocycles. The van der Waals surface area contributed by atoms with Gasteiger partial charge in [-0.05, 0) is 31.6 Å². The summed E-state index contributed by atoms with van der Waals surface area (Å²) in [6.45, 7) is 3.42. The molecule has 1 aliphatic heterocycles. The van der Waals surface area contributed by atoms with Crippen LogP contribution in [0.4, 0.5) is 5.69 Å². The van der Waals surface area contributed by atoms with Gasteiger partial charge < -0.3 is 19.7 Å². The van der Waals surface area contributed by atoms with Crippen molar-refractivity contribution in [2.45, 2.75) is 44.6 Å². The number of hydrogen-bond acceptors (Lipinski definition) is 5. The fourth-order valence-corrected chi connectivity index (χ4v) is 3.93. The molecule has 0 unspecified atom stereocenters. The summed E-state index contributed by atoms with van der Waals surface area (Å²) in [7, 11) is 3.35. The topological polar surface area (TPSA) is 50.8 Å². The number of methoxy groups -OCH3 is 2. The van der Waals surface area contributed by atoms with Crippen LogP contribution < -0.4 is 14.8 Å². The van der Waals surface area contributed by atoms with E-state index >= 15 is 0 Å². The Hall–Kier alpha value is -1.75. The number of piperidine rings is 1. The van der Waals surface area contributed by atoms with Crippen LogP contribution in [0.3, 0.4) is 0 Å². The molecule has 1 aliphatic carbocycles. The van der Waals surface area contributed by atoms with Crippen molar-refractivity contribution in [1.29, 1.82) is 0 Å². The van der Waals surface area contributed by atoms with Gasteiger partial charge in [-0.15, -0.1) is 0 Å². The second kappa shape index (κ2) is 8.56. The quantitative estimate of drug-likeness (QED) is 0.856. The number of Topliss-reactive ketones (excluding diaryl/α,β-unsaturated/α-hetero) is 1. The van der Waals surface area contributed by atoms with Crippen molar-refractivity contribution in [3.63, 3.8) is 0 Å². The van der Waals surface area contributed by atoms with Crippen LogP contribution in [0, 0.1) is 5.92 Å². The molecule has 0 radical (unpaired) electrons. The highest BCUT2D eigenvalue weighted by molar-refractivity contribution is 5.79. The average molecular weight is 346 g/mol. The Morgan fingerprint density at radius 1 is 1.00 bits per heavy atom. The van der Waals surface area contributed by atoms with Gasteiger partial charge in [0.25, 0.3) is 0 Å². The molecule has 0 spiro atoms. The third-order valence-corrected chi connectivity index (χ3v) is 5.49. The molecule has 5 nitrogen and oxygen atoms in total. The van der Waals surface area contributed by atoms with E-state index in [0.717, 1.165) is 75.3 Å². The zero-order chi connectivity index (χ0) is 17.6. The van der Waals surface area contributed by atoms with E-state index in [-0.39, 0.29) is 0 Å². The van der Waals surface area contributed by atoms with E-state index in [4.69, 9.17) is 9.47 Å². The monoisotopic (exact) mass is 346 g/mol. The summed E-state index contributed by atoms with van der Waals surface area (Å²) in [6.07, 6.45) is 6.04. The molecule has 1 saturated heterocycles. The number of ketones is 1. The predicted octanol–water partition coefficient (Wildman–Crippen LogP) is 3.34. The summed E-state index contributed by atoms with van der Waals surface area (Å²) in [4.78, 5) is 13.9. The lowest BCUT2D eigenvalue weighted by atomic mass is 9.87. The third-order valence-electron chi connectivity index (χ3n) is 5.49. The molecule has 1 aromatic carbocycles. The first kappa shape index (κ1) is 18.1.